The van der Waals surface area contributed by atoms with Gasteiger partial charge in [-0.2, -0.15) is 0 Å². The van der Waals surface area contributed by atoms with E-state index in [9.17, 15) is 20.1 Å². The Bertz CT molecular complexity index is 1490. The number of rotatable bonds is 5. The fourth-order valence-corrected chi connectivity index (χ4v) is 4.44. The van der Waals surface area contributed by atoms with Gasteiger partial charge in [0, 0.05) is 43.4 Å². The smallest absolute Gasteiger partial charge is 0.308 e. The first kappa shape index (κ1) is 25.3. The van der Waals surface area contributed by atoms with Crippen molar-refractivity contribution in [1.29, 1.82) is 0 Å². The summed E-state index contributed by atoms with van der Waals surface area (Å²) >= 11 is 20.1. The Morgan fingerprint density at radius 2 is 1.34 bits per heavy atom. The van der Waals surface area contributed by atoms with Crippen LogP contribution in [0.2, 0.25) is 15.1 Å². The summed E-state index contributed by atoms with van der Waals surface area (Å²) in [7, 11) is 0. The van der Waals surface area contributed by atoms with E-state index >= 15 is 0 Å². The van der Waals surface area contributed by atoms with Gasteiger partial charge in [0.05, 0.1) is 5.02 Å². The monoisotopic (exact) mass is 646 g/mol. The van der Waals surface area contributed by atoms with Crippen LogP contribution in [0.4, 0.5) is 0 Å². The molecule has 35 heavy (non-hydrogen) atoms. The maximum absolute atomic E-state index is 12.0. The Balaban J connectivity index is 2.06. The van der Waals surface area contributed by atoms with Crippen molar-refractivity contribution < 1.29 is 34.3 Å². The highest BCUT2D eigenvalue weighted by molar-refractivity contribution is 14.1. The Kier molecular flexibility index (Phi) is 7.27. The van der Waals surface area contributed by atoms with Gasteiger partial charge in [-0.15, -0.1) is 0 Å². The second-order valence-corrected chi connectivity index (χ2v) is 9.50. The summed E-state index contributed by atoms with van der Waals surface area (Å²) in [5.41, 5.74) is 0. The molecule has 0 heterocycles. The summed E-state index contributed by atoms with van der Waals surface area (Å²) in [6.07, 6.45) is 0. The van der Waals surface area contributed by atoms with Crippen LogP contribution >= 0.6 is 57.4 Å². The molecule has 0 radical (unpaired) electrons. The van der Waals surface area contributed by atoms with Gasteiger partial charge in [0.1, 0.15) is 0 Å². The number of fused-ring (bicyclic) bond motifs is 1. The number of benzene rings is 4. The topological polar surface area (TPSA) is 105 Å². The molecule has 0 fully saturated rings. The molecule has 11 heteroatoms. The van der Waals surface area contributed by atoms with Crippen LogP contribution in [0.25, 0.3) is 10.8 Å². The van der Waals surface area contributed by atoms with Gasteiger partial charge >= 0.3 is 5.97 Å². The van der Waals surface area contributed by atoms with Crippen LogP contribution in [0.15, 0.2) is 48.5 Å². The molecule has 0 aliphatic carbocycles. The van der Waals surface area contributed by atoms with Crippen LogP contribution in [0.3, 0.4) is 0 Å². The highest BCUT2D eigenvalue weighted by Crippen LogP contribution is 2.56. The predicted octanol–water partition coefficient (Wildman–Crippen LogP) is 8.03. The lowest BCUT2D eigenvalue weighted by Crippen LogP contribution is -2.05. The number of halogens is 4. The fraction of sp³-hybridized carbons (Fsp3) is 0.0417. The van der Waals surface area contributed by atoms with Gasteiger partial charge in [-0.05, 0) is 59.0 Å². The first-order chi connectivity index (χ1) is 16.6. The fourth-order valence-electron chi connectivity index (χ4n) is 3.22. The van der Waals surface area contributed by atoms with Gasteiger partial charge in [0.2, 0.25) is 11.5 Å². The zero-order valence-corrected chi connectivity index (χ0v) is 22.0. The van der Waals surface area contributed by atoms with E-state index in [0.717, 1.165) is 0 Å². The molecule has 0 spiro atoms. The average Bonchev–Trinajstić information content (AvgIpc) is 2.78. The molecule has 4 rings (SSSR count). The van der Waals surface area contributed by atoms with Crippen LogP contribution in [-0.2, 0) is 4.79 Å². The third-order valence-electron chi connectivity index (χ3n) is 4.72. The summed E-state index contributed by atoms with van der Waals surface area (Å²) in [5.74, 6) is -2.60. The summed E-state index contributed by atoms with van der Waals surface area (Å²) < 4.78 is 17.7. The number of hydrogen-bond donors (Lipinski definition) is 3. The molecule has 7 nitrogen and oxygen atoms in total. The highest BCUT2D eigenvalue weighted by Gasteiger charge is 2.29. The van der Waals surface area contributed by atoms with E-state index < -0.39 is 11.7 Å². The summed E-state index contributed by atoms with van der Waals surface area (Å²) in [4.78, 5) is 12.0. The second-order valence-electron chi connectivity index (χ2n) is 7.14. The van der Waals surface area contributed by atoms with Crippen LogP contribution in [0, 0.1) is 3.57 Å². The molecule has 0 amide bonds. The lowest BCUT2D eigenvalue weighted by Gasteiger charge is -2.21. The zero-order chi connectivity index (χ0) is 25.4. The molecule has 3 N–H and O–H groups in total. The largest absolute Gasteiger partial charge is 0.504 e. The molecule has 4 aromatic carbocycles. The molecule has 0 unspecified atom stereocenters. The van der Waals surface area contributed by atoms with Gasteiger partial charge in [0.15, 0.2) is 34.5 Å². The Morgan fingerprint density at radius 1 is 0.800 bits per heavy atom. The zero-order valence-electron chi connectivity index (χ0n) is 17.6. The van der Waals surface area contributed by atoms with E-state index in [-0.39, 0.29) is 61.1 Å². The minimum atomic E-state index is -0.688. The van der Waals surface area contributed by atoms with E-state index in [0.29, 0.717) is 8.59 Å². The molecular formula is C24H14Cl3IO7. The van der Waals surface area contributed by atoms with Crippen LogP contribution in [0.5, 0.6) is 46.0 Å². The van der Waals surface area contributed by atoms with E-state index in [2.05, 4.69) is 0 Å². The molecule has 0 saturated heterocycles. The van der Waals surface area contributed by atoms with Crippen LogP contribution in [0.1, 0.15) is 6.92 Å². The first-order valence-corrected chi connectivity index (χ1v) is 12.0. The molecule has 0 aromatic heterocycles. The van der Waals surface area contributed by atoms with Gasteiger partial charge in [-0.1, -0.05) is 34.8 Å². The molecular weight excluding hydrogens is 634 g/mol. The summed E-state index contributed by atoms with van der Waals surface area (Å²) in [6, 6.07) is 11.3. The van der Waals surface area contributed by atoms with E-state index in [1.807, 2.05) is 22.6 Å². The highest BCUT2D eigenvalue weighted by atomic mass is 127. The number of carbonyl (C=O) groups excluding carboxylic acids is 1. The van der Waals surface area contributed by atoms with Crippen molar-refractivity contribution >= 4 is 74.1 Å². The predicted molar refractivity (Wildman–Crippen MR) is 141 cm³/mol. The van der Waals surface area contributed by atoms with Gasteiger partial charge in [-0.25, -0.2) is 0 Å². The van der Waals surface area contributed by atoms with Crippen LogP contribution < -0.4 is 14.2 Å². The second kappa shape index (κ2) is 10.1. The molecule has 0 aliphatic rings. The summed E-state index contributed by atoms with van der Waals surface area (Å²) in [5, 5.41) is 33.3. The average molecular weight is 648 g/mol. The third-order valence-corrected chi connectivity index (χ3v) is 6.94. The maximum Gasteiger partial charge on any atom is 0.308 e. The van der Waals surface area contributed by atoms with Crippen molar-refractivity contribution in [2.75, 3.05) is 0 Å². The van der Waals surface area contributed by atoms with Crippen molar-refractivity contribution in [3.8, 4) is 46.0 Å². The van der Waals surface area contributed by atoms with Crippen LogP contribution in [-0.4, -0.2) is 21.3 Å². The maximum atomic E-state index is 12.0. The summed E-state index contributed by atoms with van der Waals surface area (Å²) in [6.45, 7) is 1.19. The quantitative estimate of drug-likeness (QED) is 0.114. The SMILES string of the molecule is CC(=O)Oc1c(Oc2ccc(Cl)cc2O)c(Oc2ccc(Cl)cc2O)c(O)c2c(I)c(Cl)ccc12. The minimum Gasteiger partial charge on any atom is -0.504 e. The minimum absolute atomic E-state index is 0.0737. The molecule has 180 valence electrons. The molecule has 0 bridgehead atoms. The van der Waals surface area contributed by atoms with E-state index in [1.165, 1.54) is 49.4 Å². The molecule has 4 aromatic rings. The normalized spacial score (nSPS) is 10.9. The number of esters is 1. The standard InChI is InChI=1S/C24H14Cl3IO7/c1-10(29)33-22-13-4-5-14(27)20(28)19(13)21(32)23(34-17-6-2-11(25)8-15(17)30)24(22)35-18-7-3-12(26)9-16(18)31/h2-9,30-32H,1H3. The third kappa shape index (κ3) is 5.11. The number of aromatic hydroxyl groups is 3. The first-order valence-electron chi connectivity index (χ1n) is 9.74. The number of phenols is 3. The van der Waals surface area contributed by atoms with Gasteiger partial charge < -0.3 is 29.5 Å². The van der Waals surface area contributed by atoms with Crippen molar-refractivity contribution in [2.45, 2.75) is 6.92 Å². The Hall–Kier alpha value is -2.79. The number of hydrogen-bond acceptors (Lipinski definition) is 7. The van der Waals surface area contributed by atoms with Crippen molar-refractivity contribution in [3.63, 3.8) is 0 Å². The Labute approximate surface area is 227 Å². The van der Waals surface area contributed by atoms with Crippen molar-refractivity contribution in [3.05, 3.63) is 67.2 Å². The molecule has 0 saturated carbocycles. The van der Waals surface area contributed by atoms with Gasteiger partial charge in [-0.3, -0.25) is 4.79 Å². The van der Waals surface area contributed by atoms with Crippen molar-refractivity contribution in [2.24, 2.45) is 0 Å². The number of phenolic OH excluding ortho intramolecular Hbond substituents is 3. The number of carbonyl (C=O) groups is 1. The van der Waals surface area contributed by atoms with E-state index in [1.54, 1.807) is 6.07 Å². The van der Waals surface area contributed by atoms with Gasteiger partial charge in [0.25, 0.3) is 0 Å². The van der Waals surface area contributed by atoms with Crippen molar-refractivity contribution in [1.82, 2.24) is 0 Å². The lowest BCUT2D eigenvalue weighted by molar-refractivity contribution is -0.131. The lowest BCUT2D eigenvalue weighted by atomic mass is 10.1. The molecule has 0 aliphatic heterocycles. The Morgan fingerprint density at radius 3 is 1.86 bits per heavy atom. The van der Waals surface area contributed by atoms with E-state index in [4.69, 9.17) is 49.0 Å². The molecule has 0 atom stereocenters. The number of ether oxygens (including phenoxy) is 3.